The topological polar surface area (TPSA) is 29.5 Å². The first-order valence-electron chi connectivity index (χ1n) is 4.46. The van der Waals surface area contributed by atoms with Crippen molar-refractivity contribution in [3.8, 4) is 0 Å². The number of rotatable bonds is 2. The van der Waals surface area contributed by atoms with Crippen LogP contribution in [0.3, 0.4) is 0 Å². The summed E-state index contributed by atoms with van der Waals surface area (Å²) in [6.07, 6.45) is 0. The summed E-state index contributed by atoms with van der Waals surface area (Å²) in [5, 5.41) is 0. The molecular weight excluding hydrogens is 186 g/mol. The van der Waals surface area contributed by atoms with Crippen LogP contribution in [0.4, 0.5) is 0 Å². The summed E-state index contributed by atoms with van der Waals surface area (Å²) in [4.78, 5) is 13.3. The molecule has 0 aromatic carbocycles. The van der Waals surface area contributed by atoms with Gasteiger partial charge in [0.1, 0.15) is 0 Å². The van der Waals surface area contributed by atoms with Crippen LogP contribution in [-0.4, -0.2) is 48.1 Å². The fourth-order valence-electron chi connectivity index (χ4n) is 1.40. The minimum atomic E-state index is -0.139. The predicted octanol–water partition coefficient (Wildman–Crippen LogP) is 0.987. The maximum Gasteiger partial charge on any atom is 0.319 e. The smallest absolute Gasteiger partial charge is 0.319 e. The maximum absolute atomic E-state index is 11.1. The largest absolute Gasteiger partial charge is 0.468 e. The van der Waals surface area contributed by atoms with Crippen LogP contribution in [0.25, 0.3) is 0 Å². The molecule has 0 atom stereocenters. The van der Waals surface area contributed by atoms with E-state index in [2.05, 4.69) is 23.5 Å². The van der Waals surface area contributed by atoms with Crippen molar-refractivity contribution in [1.29, 1.82) is 0 Å². The highest BCUT2D eigenvalue weighted by Gasteiger charge is 2.31. The lowest BCUT2D eigenvalue weighted by molar-refractivity contribution is -0.143. The molecule has 1 heterocycles. The van der Waals surface area contributed by atoms with Crippen LogP contribution in [0.1, 0.15) is 13.8 Å². The van der Waals surface area contributed by atoms with E-state index in [1.165, 1.54) is 7.11 Å². The second-order valence-electron chi connectivity index (χ2n) is 3.86. The Morgan fingerprint density at radius 1 is 1.62 bits per heavy atom. The molecule has 0 spiro atoms. The van der Waals surface area contributed by atoms with Crippen LogP contribution >= 0.6 is 11.8 Å². The third-order valence-corrected chi connectivity index (χ3v) is 3.75. The quantitative estimate of drug-likeness (QED) is 0.626. The lowest BCUT2D eigenvalue weighted by Gasteiger charge is -2.41. The van der Waals surface area contributed by atoms with E-state index in [0.717, 1.165) is 18.1 Å². The van der Waals surface area contributed by atoms with E-state index in [0.29, 0.717) is 6.54 Å². The van der Waals surface area contributed by atoms with E-state index in [9.17, 15) is 4.79 Å². The Labute approximate surface area is 83.8 Å². The van der Waals surface area contributed by atoms with E-state index in [1.54, 1.807) is 0 Å². The minimum absolute atomic E-state index is 0.122. The van der Waals surface area contributed by atoms with Crippen LogP contribution < -0.4 is 0 Å². The average Bonchev–Trinajstić information content (AvgIpc) is 2.08. The Kier molecular flexibility index (Phi) is 3.62. The molecule has 76 valence electrons. The van der Waals surface area contributed by atoms with Crippen molar-refractivity contribution in [2.75, 3.05) is 31.7 Å². The highest BCUT2D eigenvalue weighted by molar-refractivity contribution is 7.99. The fraction of sp³-hybridized carbons (Fsp3) is 0.889. The van der Waals surface area contributed by atoms with Gasteiger partial charge in [-0.3, -0.25) is 9.69 Å². The van der Waals surface area contributed by atoms with Crippen LogP contribution in [0, 0.1) is 0 Å². The number of carbonyl (C=O) groups excluding carboxylic acids is 1. The summed E-state index contributed by atoms with van der Waals surface area (Å²) in [5.74, 6) is 2.06. The highest BCUT2D eigenvalue weighted by Crippen LogP contribution is 2.25. The van der Waals surface area contributed by atoms with Crippen molar-refractivity contribution < 1.29 is 9.53 Å². The third kappa shape index (κ3) is 2.88. The second kappa shape index (κ2) is 4.33. The van der Waals surface area contributed by atoms with Gasteiger partial charge in [0.25, 0.3) is 0 Å². The Hall–Kier alpha value is -0.220. The maximum atomic E-state index is 11.1. The van der Waals surface area contributed by atoms with Crippen molar-refractivity contribution in [2.24, 2.45) is 0 Å². The number of ether oxygens (including phenoxy) is 1. The van der Waals surface area contributed by atoms with Gasteiger partial charge in [-0.15, -0.1) is 0 Å². The summed E-state index contributed by atoms with van der Waals surface area (Å²) < 4.78 is 4.66. The van der Waals surface area contributed by atoms with Crippen molar-refractivity contribution >= 4 is 17.7 Å². The SMILES string of the molecule is COC(=O)CN1CCSCC1(C)C. The average molecular weight is 203 g/mol. The number of hydrogen-bond donors (Lipinski definition) is 0. The highest BCUT2D eigenvalue weighted by atomic mass is 32.2. The van der Waals surface area contributed by atoms with Gasteiger partial charge in [0, 0.05) is 23.6 Å². The second-order valence-corrected chi connectivity index (χ2v) is 4.97. The van der Waals surface area contributed by atoms with Gasteiger partial charge in [-0.25, -0.2) is 0 Å². The van der Waals surface area contributed by atoms with E-state index >= 15 is 0 Å². The van der Waals surface area contributed by atoms with E-state index in [-0.39, 0.29) is 11.5 Å². The van der Waals surface area contributed by atoms with Gasteiger partial charge in [0.05, 0.1) is 13.7 Å². The molecule has 0 unspecified atom stereocenters. The van der Waals surface area contributed by atoms with Gasteiger partial charge in [0.15, 0.2) is 0 Å². The predicted molar refractivity (Wildman–Crippen MR) is 55.0 cm³/mol. The van der Waals surface area contributed by atoms with Crippen LogP contribution in [0.5, 0.6) is 0 Å². The monoisotopic (exact) mass is 203 g/mol. The summed E-state index contributed by atoms with van der Waals surface area (Å²) in [6, 6.07) is 0. The van der Waals surface area contributed by atoms with Crippen molar-refractivity contribution in [3.63, 3.8) is 0 Å². The normalized spacial score (nSPS) is 22.7. The van der Waals surface area contributed by atoms with Crippen LogP contribution in [0.15, 0.2) is 0 Å². The minimum Gasteiger partial charge on any atom is -0.468 e. The molecule has 0 saturated carbocycles. The lowest BCUT2D eigenvalue weighted by Crippen LogP contribution is -2.52. The third-order valence-electron chi connectivity index (χ3n) is 2.36. The zero-order chi connectivity index (χ0) is 9.90. The van der Waals surface area contributed by atoms with E-state index in [4.69, 9.17) is 0 Å². The number of hydrogen-bond acceptors (Lipinski definition) is 4. The molecule has 1 aliphatic heterocycles. The van der Waals surface area contributed by atoms with E-state index in [1.807, 2.05) is 11.8 Å². The van der Waals surface area contributed by atoms with E-state index < -0.39 is 0 Å². The molecule has 0 N–H and O–H groups in total. The zero-order valence-electron chi connectivity index (χ0n) is 8.50. The molecule has 13 heavy (non-hydrogen) atoms. The Balaban J connectivity index is 2.51. The molecule has 0 radical (unpaired) electrons. The summed E-state index contributed by atoms with van der Waals surface area (Å²) >= 11 is 1.95. The standard InChI is InChI=1S/C9H17NO2S/c1-9(2)7-13-5-4-10(9)6-8(11)12-3/h4-7H2,1-3H3. The van der Waals surface area contributed by atoms with Crippen LogP contribution in [-0.2, 0) is 9.53 Å². The molecule has 0 aromatic rings. The molecular formula is C9H17NO2S. The molecule has 0 aromatic heterocycles. The Morgan fingerprint density at radius 3 is 2.85 bits per heavy atom. The number of methoxy groups -OCH3 is 1. The first kappa shape index (κ1) is 10.9. The first-order valence-corrected chi connectivity index (χ1v) is 5.61. The van der Waals surface area contributed by atoms with Crippen molar-refractivity contribution in [3.05, 3.63) is 0 Å². The number of nitrogens with zero attached hydrogens (tertiary/aromatic N) is 1. The summed E-state index contributed by atoms with van der Waals surface area (Å²) in [5.41, 5.74) is 0.122. The van der Waals surface area contributed by atoms with Crippen molar-refractivity contribution in [2.45, 2.75) is 19.4 Å². The molecule has 4 heteroatoms. The van der Waals surface area contributed by atoms with Crippen LogP contribution in [0.2, 0.25) is 0 Å². The zero-order valence-corrected chi connectivity index (χ0v) is 9.32. The lowest BCUT2D eigenvalue weighted by atomic mass is 10.1. The molecule has 1 saturated heterocycles. The van der Waals surface area contributed by atoms with Crippen molar-refractivity contribution in [1.82, 2.24) is 4.90 Å². The van der Waals surface area contributed by atoms with Gasteiger partial charge >= 0.3 is 5.97 Å². The number of thioether (sulfide) groups is 1. The number of carbonyl (C=O) groups is 1. The van der Waals surface area contributed by atoms with Gasteiger partial charge in [-0.1, -0.05) is 0 Å². The molecule has 0 bridgehead atoms. The molecule has 1 aliphatic rings. The van der Waals surface area contributed by atoms with Gasteiger partial charge in [0.2, 0.25) is 0 Å². The van der Waals surface area contributed by atoms with Gasteiger partial charge in [-0.2, -0.15) is 11.8 Å². The molecule has 3 nitrogen and oxygen atoms in total. The fourth-order valence-corrected chi connectivity index (χ4v) is 2.58. The molecule has 1 rings (SSSR count). The Morgan fingerprint density at radius 2 is 2.31 bits per heavy atom. The molecule has 0 amide bonds. The number of esters is 1. The van der Waals surface area contributed by atoms with Gasteiger partial charge < -0.3 is 4.74 Å². The first-order chi connectivity index (χ1) is 6.06. The summed E-state index contributed by atoms with van der Waals surface area (Å²) in [7, 11) is 1.44. The Bertz CT molecular complexity index is 194. The van der Waals surface area contributed by atoms with Gasteiger partial charge in [-0.05, 0) is 13.8 Å². The summed E-state index contributed by atoms with van der Waals surface area (Å²) in [6.45, 7) is 5.74. The molecule has 1 fully saturated rings. The molecule has 0 aliphatic carbocycles.